The van der Waals surface area contributed by atoms with Gasteiger partial charge in [-0.15, -0.1) is 12.4 Å². The van der Waals surface area contributed by atoms with Crippen molar-refractivity contribution in [2.24, 2.45) is 5.92 Å². The maximum absolute atomic E-state index is 11.2. The van der Waals surface area contributed by atoms with Crippen molar-refractivity contribution >= 4 is 30.1 Å². The molecule has 1 fully saturated rings. The maximum Gasteiger partial charge on any atom is 0.233 e. The van der Waals surface area contributed by atoms with Crippen molar-refractivity contribution in [1.82, 2.24) is 10.6 Å². The Kier molecular flexibility index (Phi) is 9.35. The lowest BCUT2D eigenvalue weighted by atomic mass is 10.4. The van der Waals surface area contributed by atoms with E-state index in [0.717, 1.165) is 31.2 Å². The second-order valence-electron chi connectivity index (χ2n) is 3.77. The molecule has 0 aromatic rings. The molecule has 0 unspecified atom stereocenters. The van der Waals surface area contributed by atoms with Crippen LogP contribution in [-0.2, 0) is 4.79 Å². The lowest BCUT2D eigenvalue weighted by Crippen LogP contribution is -2.35. The highest BCUT2D eigenvalue weighted by molar-refractivity contribution is 7.98. The highest BCUT2D eigenvalue weighted by Gasteiger charge is 2.20. The van der Waals surface area contributed by atoms with E-state index in [4.69, 9.17) is 0 Å². The molecule has 0 saturated heterocycles. The third kappa shape index (κ3) is 9.03. The van der Waals surface area contributed by atoms with E-state index in [2.05, 4.69) is 16.9 Å². The summed E-state index contributed by atoms with van der Waals surface area (Å²) in [5.74, 6) is 2.10. The molecule has 0 heterocycles. The molecule has 0 radical (unpaired) electrons. The van der Waals surface area contributed by atoms with Crippen molar-refractivity contribution < 1.29 is 4.79 Å². The van der Waals surface area contributed by atoms with Gasteiger partial charge in [0.05, 0.1) is 6.54 Å². The Bertz CT molecular complexity index is 177. The highest BCUT2D eigenvalue weighted by Crippen LogP contribution is 2.27. The molecule has 90 valence electrons. The molecule has 5 heteroatoms. The van der Waals surface area contributed by atoms with E-state index in [-0.39, 0.29) is 18.3 Å². The van der Waals surface area contributed by atoms with Gasteiger partial charge in [-0.25, -0.2) is 0 Å². The van der Waals surface area contributed by atoms with Crippen LogP contribution in [0, 0.1) is 5.92 Å². The minimum Gasteiger partial charge on any atom is -0.355 e. The van der Waals surface area contributed by atoms with Crippen molar-refractivity contribution in [1.29, 1.82) is 0 Å². The number of carbonyl (C=O) groups excluding carboxylic acids is 1. The number of halogens is 1. The molecular formula is C10H21ClN2OS. The first-order valence-corrected chi connectivity index (χ1v) is 6.68. The van der Waals surface area contributed by atoms with Crippen LogP contribution in [0.5, 0.6) is 0 Å². The molecule has 0 spiro atoms. The van der Waals surface area contributed by atoms with Crippen LogP contribution in [0.25, 0.3) is 0 Å². The van der Waals surface area contributed by atoms with Gasteiger partial charge in [-0.1, -0.05) is 0 Å². The molecule has 1 saturated carbocycles. The van der Waals surface area contributed by atoms with Crippen LogP contribution in [0.15, 0.2) is 0 Å². The van der Waals surface area contributed by atoms with Crippen molar-refractivity contribution in [3.8, 4) is 0 Å². The predicted molar refractivity (Wildman–Crippen MR) is 68.9 cm³/mol. The molecule has 0 bridgehead atoms. The predicted octanol–water partition coefficient (Wildman–Crippen LogP) is 1.28. The summed E-state index contributed by atoms with van der Waals surface area (Å²) in [5, 5.41) is 6.07. The molecule has 1 rings (SSSR count). The molecule has 0 aliphatic heterocycles. The lowest BCUT2D eigenvalue weighted by molar-refractivity contribution is -0.120. The standard InChI is InChI=1S/C10H20N2OS.ClH/c1-14-6-2-5-12-10(13)8-11-7-9-3-4-9;/h9,11H,2-8H2,1H3,(H,12,13);1H. The largest absolute Gasteiger partial charge is 0.355 e. The topological polar surface area (TPSA) is 41.1 Å². The van der Waals surface area contributed by atoms with Gasteiger partial charge in [-0.2, -0.15) is 11.8 Å². The zero-order valence-electron chi connectivity index (χ0n) is 9.25. The summed E-state index contributed by atoms with van der Waals surface area (Å²) in [6, 6.07) is 0. The molecule has 0 aromatic heterocycles. The average Bonchev–Trinajstić information content (AvgIpc) is 2.96. The van der Waals surface area contributed by atoms with E-state index in [1.54, 1.807) is 0 Å². The lowest BCUT2D eigenvalue weighted by Gasteiger charge is -2.05. The second-order valence-corrected chi connectivity index (χ2v) is 4.76. The van der Waals surface area contributed by atoms with Gasteiger partial charge in [0, 0.05) is 6.54 Å². The van der Waals surface area contributed by atoms with Gasteiger partial charge in [0.25, 0.3) is 0 Å². The van der Waals surface area contributed by atoms with Crippen molar-refractivity contribution in [3.63, 3.8) is 0 Å². The van der Waals surface area contributed by atoms with E-state index in [0.29, 0.717) is 6.54 Å². The summed E-state index contributed by atoms with van der Waals surface area (Å²) in [7, 11) is 0. The summed E-state index contributed by atoms with van der Waals surface area (Å²) in [5.41, 5.74) is 0. The van der Waals surface area contributed by atoms with Crippen LogP contribution < -0.4 is 10.6 Å². The number of thioether (sulfide) groups is 1. The number of hydrogen-bond donors (Lipinski definition) is 2. The van der Waals surface area contributed by atoms with Gasteiger partial charge in [-0.3, -0.25) is 4.79 Å². The minimum atomic E-state index is 0. The zero-order valence-corrected chi connectivity index (χ0v) is 10.9. The molecule has 1 aliphatic carbocycles. The number of rotatable bonds is 8. The monoisotopic (exact) mass is 252 g/mol. The average molecular weight is 253 g/mol. The molecule has 1 aliphatic rings. The smallest absolute Gasteiger partial charge is 0.233 e. The van der Waals surface area contributed by atoms with Crippen molar-refractivity contribution in [2.75, 3.05) is 31.6 Å². The number of amides is 1. The summed E-state index contributed by atoms with van der Waals surface area (Å²) < 4.78 is 0. The molecular weight excluding hydrogens is 232 g/mol. The minimum absolute atomic E-state index is 0. The van der Waals surface area contributed by atoms with Crippen LogP contribution >= 0.6 is 24.2 Å². The molecule has 1 amide bonds. The Morgan fingerprint density at radius 2 is 2.20 bits per heavy atom. The Morgan fingerprint density at radius 1 is 1.47 bits per heavy atom. The van der Waals surface area contributed by atoms with E-state index >= 15 is 0 Å². The summed E-state index contributed by atoms with van der Waals surface area (Å²) in [6.45, 7) is 2.30. The number of nitrogens with one attached hydrogen (secondary N) is 2. The maximum atomic E-state index is 11.2. The first-order chi connectivity index (χ1) is 6.83. The molecule has 0 aromatic carbocycles. The number of carbonyl (C=O) groups is 1. The number of hydrogen-bond acceptors (Lipinski definition) is 3. The molecule has 3 nitrogen and oxygen atoms in total. The van der Waals surface area contributed by atoms with E-state index < -0.39 is 0 Å². The van der Waals surface area contributed by atoms with E-state index in [1.807, 2.05) is 11.8 Å². The third-order valence-corrected chi connectivity index (χ3v) is 2.96. The van der Waals surface area contributed by atoms with Gasteiger partial charge in [0.2, 0.25) is 5.91 Å². The summed E-state index contributed by atoms with van der Waals surface area (Å²) in [4.78, 5) is 11.2. The zero-order chi connectivity index (χ0) is 10.2. The van der Waals surface area contributed by atoms with Gasteiger partial charge < -0.3 is 10.6 Å². The highest BCUT2D eigenvalue weighted by atomic mass is 35.5. The Hall–Kier alpha value is 0.0700. The van der Waals surface area contributed by atoms with Crippen LogP contribution in [-0.4, -0.2) is 37.6 Å². The fraction of sp³-hybridized carbons (Fsp3) is 0.900. The summed E-state index contributed by atoms with van der Waals surface area (Å²) >= 11 is 1.82. The van der Waals surface area contributed by atoms with Crippen LogP contribution in [0.1, 0.15) is 19.3 Å². The third-order valence-electron chi connectivity index (χ3n) is 2.26. The normalized spacial score (nSPS) is 14.5. The first kappa shape index (κ1) is 15.1. The first-order valence-electron chi connectivity index (χ1n) is 5.29. The van der Waals surface area contributed by atoms with Gasteiger partial charge in [0.1, 0.15) is 0 Å². The van der Waals surface area contributed by atoms with Gasteiger partial charge in [0.15, 0.2) is 0 Å². The van der Waals surface area contributed by atoms with Gasteiger partial charge in [-0.05, 0) is 43.7 Å². The molecule has 0 atom stereocenters. The Labute approximate surface area is 103 Å². The fourth-order valence-electron chi connectivity index (χ4n) is 1.22. The molecule has 15 heavy (non-hydrogen) atoms. The summed E-state index contributed by atoms with van der Waals surface area (Å²) in [6.07, 6.45) is 5.82. The Balaban J connectivity index is 0.00000196. The molecule has 2 N–H and O–H groups in total. The van der Waals surface area contributed by atoms with Crippen LogP contribution in [0.4, 0.5) is 0 Å². The van der Waals surface area contributed by atoms with Crippen molar-refractivity contribution in [3.05, 3.63) is 0 Å². The van der Waals surface area contributed by atoms with E-state index in [1.165, 1.54) is 12.8 Å². The Morgan fingerprint density at radius 3 is 2.80 bits per heavy atom. The van der Waals surface area contributed by atoms with E-state index in [9.17, 15) is 4.79 Å². The van der Waals surface area contributed by atoms with Gasteiger partial charge >= 0.3 is 0 Å². The second kappa shape index (κ2) is 9.31. The van der Waals surface area contributed by atoms with Crippen LogP contribution in [0.2, 0.25) is 0 Å². The fourth-order valence-corrected chi connectivity index (χ4v) is 1.65. The quantitative estimate of drug-likeness (QED) is 0.640. The van der Waals surface area contributed by atoms with Crippen molar-refractivity contribution in [2.45, 2.75) is 19.3 Å². The SMILES string of the molecule is CSCCCNC(=O)CNCC1CC1.Cl. The van der Waals surface area contributed by atoms with Crippen LogP contribution in [0.3, 0.4) is 0 Å².